The van der Waals surface area contributed by atoms with Crippen LogP contribution in [0.2, 0.25) is 0 Å². The lowest BCUT2D eigenvalue weighted by molar-refractivity contribution is -0.124. The molecule has 0 spiro atoms. The Balaban J connectivity index is 1.68. The molecule has 0 saturated carbocycles. The van der Waals surface area contributed by atoms with E-state index in [4.69, 9.17) is 5.73 Å². The second kappa shape index (κ2) is 7.73. The van der Waals surface area contributed by atoms with E-state index in [-0.39, 0.29) is 17.0 Å². The second-order valence-electron chi connectivity index (χ2n) is 7.02. The van der Waals surface area contributed by atoms with Gasteiger partial charge in [0.05, 0.1) is 11.4 Å². The van der Waals surface area contributed by atoms with E-state index in [1.54, 1.807) is 38.1 Å². The maximum atomic E-state index is 14.9. The fourth-order valence-electron chi connectivity index (χ4n) is 3.28. The Morgan fingerprint density at radius 1 is 1.16 bits per heavy atom. The van der Waals surface area contributed by atoms with E-state index in [1.807, 2.05) is 0 Å². The zero-order valence-electron chi connectivity index (χ0n) is 16.6. The van der Waals surface area contributed by atoms with Crippen LogP contribution in [0.25, 0.3) is 16.7 Å². The van der Waals surface area contributed by atoms with Crippen LogP contribution in [-0.2, 0) is 4.79 Å². The van der Waals surface area contributed by atoms with Crippen LogP contribution in [0.15, 0.2) is 42.7 Å². The highest BCUT2D eigenvalue weighted by Gasteiger charge is 2.23. The Labute approximate surface area is 175 Å². The molecule has 2 aromatic heterocycles. The highest BCUT2D eigenvalue weighted by Crippen LogP contribution is 2.29. The van der Waals surface area contributed by atoms with Gasteiger partial charge in [-0.25, -0.2) is 23.4 Å². The lowest BCUT2D eigenvalue weighted by Gasteiger charge is -2.14. The molecule has 158 valence electrons. The number of carbonyl (C=O) groups excluding carboxylic acids is 1. The van der Waals surface area contributed by atoms with Gasteiger partial charge in [0.2, 0.25) is 0 Å². The number of nitrogens with one attached hydrogen (secondary N) is 1. The number of aromatic nitrogens is 4. The van der Waals surface area contributed by atoms with Gasteiger partial charge in [-0.05, 0) is 31.5 Å². The van der Waals surface area contributed by atoms with E-state index in [0.29, 0.717) is 16.8 Å². The summed E-state index contributed by atoms with van der Waals surface area (Å²) in [6.45, 7) is 3.46. The van der Waals surface area contributed by atoms with Crippen molar-refractivity contribution in [3.8, 4) is 5.69 Å². The third-order valence-electron chi connectivity index (χ3n) is 4.81. The van der Waals surface area contributed by atoms with Crippen molar-refractivity contribution in [2.75, 3.05) is 11.1 Å². The van der Waals surface area contributed by atoms with Crippen LogP contribution in [0.5, 0.6) is 0 Å². The van der Waals surface area contributed by atoms with Crippen molar-refractivity contribution in [2.45, 2.75) is 20.0 Å². The molecule has 4 aromatic rings. The molecule has 0 radical (unpaired) electrons. The molecular weight excluding hydrogens is 406 g/mol. The molecule has 0 aliphatic carbocycles. The second-order valence-corrected chi connectivity index (χ2v) is 7.02. The molecule has 0 aliphatic heterocycles. The smallest absolute Gasteiger partial charge is 0.257 e. The highest BCUT2D eigenvalue weighted by atomic mass is 19.2. The zero-order valence-corrected chi connectivity index (χ0v) is 16.6. The van der Waals surface area contributed by atoms with Crippen molar-refractivity contribution in [1.82, 2.24) is 19.7 Å². The molecule has 4 N–H and O–H groups in total. The standard InChI is InChI=1S/C21H18F2N6O2/c1-10-4-3-5-12(8-10)19(30)21(31)27-13-6-7-14(16(23)15(13)22)29-18-17(11(2)28-29)25-9-26-20(18)24/h3-9,19,30H,1-2H3,(H,27,31)(H2,24,25,26). The van der Waals surface area contributed by atoms with Crippen LogP contribution in [0, 0.1) is 25.5 Å². The number of nitrogens with two attached hydrogens (primary N) is 1. The van der Waals surface area contributed by atoms with E-state index < -0.39 is 29.3 Å². The molecule has 1 unspecified atom stereocenters. The number of amides is 1. The van der Waals surface area contributed by atoms with Crippen molar-refractivity contribution < 1.29 is 18.7 Å². The number of aliphatic hydroxyl groups is 1. The minimum absolute atomic E-state index is 0.0593. The van der Waals surface area contributed by atoms with Gasteiger partial charge in [0.1, 0.15) is 23.0 Å². The minimum Gasteiger partial charge on any atom is -0.382 e. The molecule has 8 nitrogen and oxygen atoms in total. The first-order chi connectivity index (χ1) is 14.8. The number of fused-ring (bicyclic) bond motifs is 1. The SMILES string of the molecule is Cc1cccc(C(O)C(=O)Nc2ccc(-n3nc(C)c4ncnc(N)c43)c(F)c2F)c1. The van der Waals surface area contributed by atoms with Gasteiger partial charge in [-0.3, -0.25) is 4.79 Å². The molecule has 1 amide bonds. The average molecular weight is 424 g/mol. The summed E-state index contributed by atoms with van der Waals surface area (Å²) in [5.74, 6) is -3.40. The van der Waals surface area contributed by atoms with Gasteiger partial charge in [0, 0.05) is 0 Å². The average Bonchev–Trinajstić information content (AvgIpc) is 3.08. The van der Waals surface area contributed by atoms with Gasteiger partial charge in [0.25, 0.3) is 5.91 Å². The topological polar surface area (TPSA) is 119 Å². The number of nitrogen functional groups attached to an aromatic ring is 1. The van der Waals surface area contributed by atoms with E-state index in [2.05, 4.69) is 20.4 Å². The van der Waals surface area contributed by atoms with E-state index in [9.17, 15) is 18.7 Å². The normalized spacial score (nSPS) is 12.2. The van der Waals surface area contributed by atoms with Crippen LogP contribution in [0.1, 0.15) is 22.9 Å². The number of anilines is 2. The molecule has 4 rings (SSSR count). The number of rotatable bonds is 4. The van der Waals surface area contributed by atoms with Gasteiger partial charge in [-0.2, -0.15) is 5.10 Å². The number of benzene rings is 2. The first kappa shape index (κ1) is 20.4. The first-order valence-corrected chi connectivity index (χ1v) is 9.27. The number of hydrogen-bond acceptors (Lipinski definition) is 6. The largest absolute Gasteiger partial charge is 0.382 e. The number of nitrogens with zero attached hydrogens (tertiary/aromatic N) is 4. The quantitative estimate of drug-likeness (QED) is 0.463. The molecular formula is C21H18F2N6O2. The molecule has 1 atom stereocenters. The van der Waals surface area contributed by atoms with Crippen LogP contribution < -0.4 is 11.1 Å². The number of hydrogen-bond donors (Lipinski definition) is 3. The van der Waals surface area contributed by atoms with Crippen LogP contribution in [0.4, 0.5) is 20.3 Å². The molecule has 31 heavy (non-hydrogen) atoms. The van der Waals surface area contributed by atoms with E-state index in [1.165, 1.54) is 18.5 Å². The fraction of sp³-hybridized carbons (Fsp3) is 0.143. The van der Waals surface area contributed by atoms with Crippen molar-refractivity contribution >= 4 is 28.4 Å². The van der Waals surface area contributed by atoms with Gasteiger partial charge >= 0.3 is 0 Å². The number of aliphatic hydroxyl groups excluding tert-OH is 1. The van der Waals surface area contributed by atoms with Crippen LogP contribution in [-0.4, -0.2) is 30.8 Å². The van der Waals surface area contributed by atoms with Crippen molar-refractivity contribution in [2.24, 2.45) is 0 Å². The van der Waals surface area contributed by atoms with Crippen molar-refractivity contribution in [3.63, 3.8) is 0 Å². The fourth-order valence-corrected chi connectivity index (χ4v) is 3.28. The summed E-state index contributed by atoms with van der Waals surface area (Å²) in [6.07, 6.45) is -0.289. The summed E-state index contributed by atoms with van der Waals surface area (Å²) >= 11 is 0. The third-order valence-corrected chi connectivity index (χ3v) is 4.81. The summed E-state index contributed by atoms with van der Waals surface area (Å²) in [5.41, 5.74) is 7.52. The molecule has 10 heteroatoms. The van der Waals surface area contributed by atoms with Gasteiger partial charge in [-0.15, -0.1) is 0 Å². The maximum absolute atomic E-state index is 14.9. The highest BCUT2D eigenvalue weighted by molar-refractivity contribution is 5.95. The van der Waals surface area contributed by atoms with Gasteiger partial charge in [0.15, 0.2) is 23.6 Å². The molecule has 0 fully saturated rings. The van der Waals surface area contributed by atoms with Gasteiger partial charge in [-0.1, -0.05) is 29.8 Å². The molecule has 2 aromatic carbocycles. The molecule has 0 bridgehead atoms. The van der Waals surface area contributed by atoms with Gasteiger partial charge < -0.3 is 16.2 Å². The van der Waals surface area contributed by atoms with Crippen molar-refractivity contribution in [1.29, 1.82) is 0 Å². The predicted octanol–water partition coefficient (Wildman–Crippen LogP) is 2.96. The lowest BCUT2D eigenvalue weighted by Crippen LogP contribution is -2.22. The predicted molar refractivity (Wildman–Crippen MR) is 110 cm³/mol. The number of aryl methyl sites for hydroxylation is 2. The van der Waals surface area contributed by atoms with E-state index in [0.717, 1.165) is 10.2 Å². The minimum atomic E-state index is -1.54. The van der Waals surface area contributed by atoms with E-state index >= 15 is 0 Å². The van der Waals surface area contributed by atoms with Crippen molar-refractivity contribution in [3.05, 3.63) is 71.2 Å². The van der Waals surface area contributed by atoms with Crippen LogP contribution in [0.3, 0.4) is 0 Å². The Morgan fingerprint density at radius 3 is 2.68 bits per heavy atom. The first-order valence-electron chi connectivity index (χ1n) is 9.27. The maximum Gasteiger partial charge on any atom is 0.257 e. The zero-order chi connectivity index (χ0) is 22.3. The Morgan fingerprint density at radius 2 is 1.94 bits per heavy atom. The number of halogens is 2. The summed E-state index contributed by atoms with van der Waals surface area (Å²) in [7, 11) is 0. The molecule has 2 heterocycles. The summed E-state index contributed by atoms with van der Waals surface area (Å²) in [6, 6.07) is 9.10. The Kier molecular flexibility index (Phi) is 5.07. The third kappa shape index (κ3) is 3.57. The molecule has 0 aliphatic rings. The Hall–Kier alpha value is -3.92. The Bertz CT molecular complexity index is 1320. The summed E-state index contributed by atoms with van der Waals surface area (Å²) < 4.78 is 30.8. The van der Waals surface area contributed by atoms with Crippen LogP contribution >= 0.6 is 0 Å². The lowest BCUT2D eigenvalue weighted by atomic mass is 10.1. The molecule has 0 saturated heterocycles. The number of carbonyl (C=O) groups is 1. The monoisotopic (exact) mass is 424 g/mol. The summed E-state index contributed by atoms with van der Waals surface area (Å²) in [5, 5.41) is 16.7. The summed E-state index contributed by atoms with van der Waals surface area (Å²) in [4.78, 5) is 20.3.